The number of aliphatic hydroxyl groups excluding tert-OH is 1. The minimum atomic E-state index is -1.51. The Kier molecular flexibility index (Phi) is 11.3. The predicted octanol–water partition coefficient (Wildman–Crippen LogP) is 6.60. The van der Waals surface area contributed by atoms with E-state index in [4.69, 9.17) is 9.47 Å². The lowest BCUT2D eigenvalue weighted by Crippen LogP contribution is -2.67. The SMILES string of the molecule is COc1ccc(N2CCN(C(=O)OC(C)(C)C)C(C(O)C(Cc3cc(F)cc(F)c3)N(Cc3ccccc3)Cc3ccccc3)C2=O)cc1. The van der Waals surface area contributed by atoms with Gasteiger partial charge in [0.1, 0.15) is 29.0 Å². The highest BCUT2D eigenvalue weighted by atomic mass is 19.1. The average Bonchev–Trinajstić information content (AvgIpc) is 3.06. The highest BCUT2D eigenvalue weighted by Gasteiger charge is 2.47. The molecule has 1 heterocycles. The van der Waals surface area contributed by atoms with Crippen molar-refractivity contribution in [3.8, 4) is 5.75 Å². The van der Waals surface area contributed by atoms with Gasteiger partial charge in [0.05, 0.1) is 13.2 Å². The standard InChI is InChI=1S/C39H43F2N3O5/c1-39(2,3)49-38(47)44-20-19-43(32-15-17-33(48-4)18-16-32)37(46)35(44)36(45)34(23-29-21-30(40)24-31(41)22-29)42(25-27-11-7-5-8-12-27)26-28-13-9-6-10-14-28/h5-18,21-22,24,34-36,45H,19-20,23,25-26H2,1-4H3. The summed E-state index contributed by atoms with van der Waals surface area (Å²) in [6.45, 7) is 6.10. The Morgan fingerprint density at radius 1 is 0.857 bits per heavy atom. The van der Waals surface area contributed by atoms with Crippen LogP contribution in [-0.4, -0.2) is 70.9 Å². The van der Waals surface area contributed by atoms with Gasteiger partial charge in [-0.3, -0.25) is 14.6 Å². The highest BCUT2D eigenvalue weighted by Crippen LogP contribution is 2.30. The summed E-state index contributed by atoms with van der Waals surface area (Å²) in [6.07, 6.45) is -2.28. The van der Waals surface area contributed by atoms with Gasteiger partial charge in [-0.1, -0.05) is 60.7 Å². The molecule has 0 radical (unpaired) electrons. The summed E-state index contributed by atoms with van der Waals surface area (Å²) >= 11 is 0. The molecule has 258 valence electrons. The van der Waals surface area contributed by atoms with Gasteiger partial charge < -0.3 is 19.5 Å². The summed E-state index contributed by atoms with van der Waals surface area (Å²) in [6, 6.07) is 27.2. The van der Waals surface area contributed by atoms with Crippen LogP contribution >= 0.6 is 0 Å². The van der Waals surface area contributed by atoms with E-state index in [1.807, 2.05) is 65.6 Å². The van der Waals surface area contributed by atoms with Crippen LogP contribution in [0.5, 0.6) is 5.75 Å². The molecular formula is C39H43F2N3O5. The van der Waals surface area contributed by atoms with Crippen molar-refractivity contribution in [2.24, 2.45) is 0 Å². The van der Waals surface area contributed by atoms with Crippen molar-refractivity contribution in [1.29, 1.82) is 0 Å². The molecule has 4 aromatic carbocycles. The van der Waals surface area contributed by atoms with Crippen LogP contribution in [0.2, 0.25) is 0 Å². The van der Waals surface area contributed by atoms with Crippen molar-refractivity contribution in [3.05, 3.63) is 131 Å². The maximum atomic E-state index is 14.6. The molecule has 0 aliphatic carbocycles. The number of nitrogens with zero attached hydrogens (tertiary/aromatic N) is 3. The minimum absolute atomic E-state index is 0.0238. The van der Waals surface area contributed by atoms with E-state index in [0.717, 1.165) is 17.2 Å². The second-order valence-corrected chi connectivity index (χ2v) is 13.2. The molecule has 3 unspecified atom stereocenters. The number of carbonyl (C=O) groups excluding carboxylic acids is 2. The smallest absolute Gasteiger partial charge is 0.411 e. The van der Waals surface area contributed by atoms with Crippen molar-refractivity contribution < 1.29 is 33.0 Å². The maximum absolute atomic E-state index is 14.6. The number of methoxy groups -OCH3 is 1. The number of benzene rings is 4. The number of carbonyl (C=O) groups is 2. The zero-order valence-electron chi connectivity index (χ0n) is 28.3. The zero-order chi connectivity index (χ0) is 35.1. The van der Waals surface area contributed by atoms with Crippen LogP contribution in [0.15, 0.2) is 103 Å². The van der Waals surface area contributed by atoms with Crippen molar-refractivity contribution in [1.82, 2.24) is 9.80 Å². The first-order valence-corrected chi connectivity index (χ1v) is 16.3. The van der Waals surface area contributed by atoms with Crippen LogP contribution in [-0.2, 0) is 29.0 Å². The van der Waals surface area contributed by atoms with Gasteiger partial charge in [0, 0.05) is 44.0 Å². The van der Waals surface area contributed by atoms with Gasteiger partial charge in [0.2, 0.25) is 0 Å². The number of hydrogen-bond donors (Lipinski definition) is 1. The predicted molar refractivity (Wildman–Crippen MR) is 184 cm³/mol. The molecule has 8 nitrogen and oxygen atoms in total. The van der Waals surface area contributed by atoms with E-state index >= 15 is 0 Å². The minimum Gasteiger partial charge on any atom is -0.497 e. The molecule has 0 saturated carbocycles. The normalized spacial score (nSPS) is 16.4. The van der Waals surface area contributed by atoms with E-state index < -0.39 is 47.4 Å². The number of halogens is 2. The van der Waals surface area contributed by atoms with Gasteiger partial charge in [0.15, 0.2) is 0 Å². The van der Waals surface area contributed by atoms with Crippen LogP contribution in [0.25, 0.3) is 0 Å². The summed E-state index contributed by atoms with van der Waals surface area (Å²) in [4.78, 5) is 33.1. The number of rotatable bonds is 11. The Morgan fingerprint density at radius 2 is 1.41 bits per heavy atom. The maximum Gasteiger partial charge on any atom is 0.411 e. The van der Waals surface area contributed by atoms with Crippen molar-refractivity contribution in [2.45, 2.75) is 64.1 Å². The molecule has 5 rings (SSSR count). The number of piperazine rings is 1. The molecule has 1 fully saturated rings. The third kappa shape index (κ3) is 9.22. The van der Waals surface area contributed by atoms with Crippen LogP contribution < -0.4 is 9.64 Å². The molecule has 1 saturated heterocycles. The molecule has 2 amide bonds. The summed E-state index contributed by atoms with van der Waals surface area (Å²) < 4.78 is 40.1. The number of aliphatic hydroxyl groups is 1. The van der Waals surface area contributed by atoms with E-state index in [1.54, 1.807) is 52.1 Å². The molecule has 1 N–H and O–H groups in total. The summed E-state index contributed by atoms with van der Waals surface area (Å²) in [5.41, 5.74) is 1.86. The lowest BCUT2D eigenvalue weighted by Gasteiger charge is -2.46. The molecule has 10 heteroatoms. The van der Waals surface area contributed by atoms with Crippen LogP contribution in [0.4, 0.5) is 19.3 Å². The molecule has 0 aromatic heterocycles. The topological polar surface area (TPSA) is 82.6 Å². The summed E-state index contributed by atoms with van der Waals surface area (Å²) in [5, 5.41) is 12.5. The fraction of sp³-hybridized carbons (Fsp3) is 0.333. The molecule has 4 aromatic rings. The fourth-order valence-corrected chi connectivity index (χ4v) is 6.20. The van der Waals surface area contributed by atoms with Gasteiger partial charge in [-0.2, -0.15) is 0 Å². The second-order valence-electron chi connectivity index (χ2n) is 13.2. The number of amides is 2. The Morgan fingerprint density at radius 3 is 1.92 bits per heavy atom. The van der Waals surface area contributed by atoms with Gasteiger partial charge >= 0.3 is 6.09 Å². The Labute approximate surface area is 286 Å². The molecule has 0 bridgehead atoms. The van der Waals surface area contributed by atoms with E-state index in [-0.39, 0.29) is 19.5 Å². The third-order valence-corrected chi connectivity index (χ3v) is 8.44. The fourth-order valence-electron chi connectivity index (χ4n) is 6.20. The van der Waals surface area contributed by atoms with Gasteiger partial charge in [-0.05, 0) is 80.3 Å². The van der Waals surface area contributed by atoms with E-state index in [0.29, 0.717) is 30.1 Å². The second kappa shape index (κ2) is 15.6. The lowest BCUT2D eigenvalue weighted by molar-refractivity contribution is -0.133. The van der Waals surface area contributed by atoms with E-state index in [2.05, 4.69) is 0 Å². The first-order valence-electron chi connectivity index (χ1n) is 16.3. The van der Waals surface area contributed by atoms with E-state index in [9.17, 15) is 23.5 Å². The van der Waals surface area contributed by atoms with Crippen molar-refractivity contribution in [2.75, 3.05) is 25.1 Å². The van der Waals surface area contributed by atoms with Crippen molar-refractivity contribution >= 4 is 17.7 Å². The molecule has 3 atom stereocenters. The zero-order valence-corrected chi connectivity index (χ0v) is 28.3. The first kappa shape index (κ1) is 35.5. The van der Waals surface area contributed by atoms with Gasteiger partial charge in [-0.15, -0.1) is 0 Å². The van der Waals surface area contributed by atoms with Crippen molar-refractivity contribution in [3.63, 3.8) is 0 Å². The number of hydrogen-bond acceptors (Lipinski definition) is 6. The molecule has 1 aliphatic rings. The molecule has 0 spiro atoms. The number of anilines is 1. The Balaban J connectivity index is 1.61. The van der Waals surface area contributed by atoms with Gasteiger partial charge in [-0.25, -0.2) is 13.6 Å². The summed E-state index contributed by atoms with van der Waals surface area (Å²) in [5.74, 6) is -1.41. The number of ether oxygens (including phenoxy) is 2. The van der Waals surface area contributed by atoms with Crippen LogP contribution in [0, 0.1) is 11.6 Å². The quantitative estimate of drug-likeness (QED) is 0.194. The lowest BCUT2D eigenvalue weighted by atomic mass is 9.91. The molecular weight excluding hydrogens is 628 g/mol. The van der Waals surface area contributed by atoms with Crippen LogP contribution in [0.1, 0.15) is 37.5 Å². The highest BCUT2D eigenvalue weighted by molar-refractivity contribution is 6.00. The largest absolute Gasteiger partial charge is 0.497 e. The molecule has 1 aliphatic heterocycles. The monoisotopic (exact) mass is 671 g/mol. The summed E-state index contributed by atoms with van der Waals surface area (Å²) in [7, 11) is 1.55. The average molecular weight is 672 g/mol. The van der Waals surface area contributed by atoms with Gasteiger partial charge in [0.25, 0.3) is 5.91 Å². The first-order chi connectivity index (χ1) is 23.4. The van der Waals surface area contributed by atoms with Crippen LogP contribution in [0.3, 0.4) is 0 Å². The molecule has 49 heavy (non-hydrogen) atoms. The van der Waals surface area contributed by atoms with E-state index in [1.165, 1.54) is 21.9 Å². The third-order valence-electron chi connectivity index (χ3n) is 8.44. The Hall–Kier alpha value is -4.80. The Bertz CT molecular complexity index is 1640.